The van der Waals surface area contributed by atoms with Gasteiger partial charge in [-0.1, -0.05) is 18.2 Å². The highest BCUT2D eigenvalue weighted by Crippen LogP contribution is 2.41. The number of para-hydroxylation sites is 1. The number of piperazine rings is 1. The summed E-state index contributed by atoms with van der Waals surface area (Å²) in [5.41, 5.74) is 4.88. The van der Waals surface area contributed by atoms with Gasteiger partial charge in [0, 0.05) is 118 Å². The van der Waals surface area contributed by atoms with Crippen LogP contribution in [-0.2, 0) is 4.74 Å². The second-order valence-electron chi connectivity index (χ2n) is 15.1. The molecule has 5 heterocycles. The van der Waals surface area contributed by atoms with Crippen molar-refractivity contribution < 1.29 is 14.3 Å². The zero-order chi connectivity index (χ0) is 33.7. The van der Waals surface area contributed by atoms with Gasteiger partial charge in [-0.15, -0.1) is 0 Å². The van der Waals surface area contributed by atoms with Gasteiger partial charge in [-0.05, 0) is 57.9 Å². The number of fused-ring (bicyclic) bond motifs is 1. The molecule has 0 radical (unpaired) electrons. The SMILES string of the molecule is COc1cc(N2CCN(C3CN(CC4CN(C(=O)OC(C)(C)C)C4)C3)CC2)ccc1Nc1nccc(-c2cn(C3CC3)c3ccccc23)n1. The van der Waals surface area contributed by atoms with Gasteiger partial charge in [0.1, 0.15) is 11.4 Å². The lowest BCUT2D eigenvalue weighted by atomic mass is 9.96. The largest absolute Gasteiger partial charge is 0.494 e. The van der Waals surface area contributed by atoms with Crippen molar-refractivity contribution >= 4 is 34.3 Å². The summed E-state index contributed by atoms with van der Waals surface area (Å²) in [5, 5.41) is 4.64. The fraction of sp³-hybridized carbons (Fsp3) is 0.500. The smallest absolute Gasteiger partial charge is 0.410 e. The van der Waals surface area contributed by atoms with Crippen molar-refractivity contribution in [1.29, 1.82) is 0 Å². The summed E-state index contributed by atoms with van der Waals surface area (Å²) in [7, 11) is 1.72. The Morgan fingerprint density at radius 1 is 0.959 bits per heavy atom. The Bertz CT molecular complexity index is 1810. The van der Waals surface area contributed by atoms with Crippen LogP contribution in [0.2, 0.25) is 0 Å². The van der Waals surface area contributed by atoms with Crippen LogP contribution in [0, 0.1) is 5.92 Å². The van der Waals surface area contributed by atoms with Crippen LogP contribution in [0.4, 0.5) is 22.1 Å². The highest BCUT2D eigenvalue weighted by molar-refractivity contribution is 5.95. The van der Waals surface area contributed by atoms with Crippen molar-refractivity contribution in [2.24, 2.45) is 5.92 Å². The van der Waals surface area contributed by atoms with Crippen molar-refractivity contribution in [2.45, 2.75) is 51.3 Å². The van der Waals surface area contributed by atoms with Gasteiger partial charge in [-0.3, -0.25) is 9.80 Å². The predicted octanol–water partition coefficient (Wildman–Crippen LogP) is 5.86. The number of amides is 1. The lowest BCUT2D eigenvalue weighted by Gasteiger charge is -2.51. The van der Waals surface area contributed by atoms with Crippen LogP contribution in [0.25, 0.3) is 22.2 Å². The monoisotopic (exact) mass is 664 g/mol. The molecule has 0 atom stereocenters. The summed E-state index contributed by atoms with van der Waals surface area (Å²) >= 11 is 0. The molecule has 1 saturated carbocycles. The zero-order valence-corrected chi connectivity index (χ0v) is 29.1. The minimum Gasteiger partial charge on any atom is -0.494 e. The molecule has 4 aliphatic rings. The van der Waals surface area contributed by atoms with Crippen molar-refractivity contribution in [3.05, 3.63) is 60.9 Å². The van der Waals surface area contributed by atoms with Crippen LogP contribution >= 0.6 is 0 Å². The number of nitrogens with zero attached hydrogens (tertiary/aromatic N) is 7. The molecule has 3 saturated heterocycles. The lowest BCUT2D eigenvalue weighted by Crippen LogP contribution is -2.65. The zero-order valence-electron chi connectivity index (χ0n) is 29.1. The van der Waals surface area contributed by atoms with Crippen LogP contribution < -0.4 is 15.0 Å². The minimum atomic E-state index is -0.438. The van der Waals surface area contributed by atoms with E-state index in [1.807, 2.05) is 37.9 Å². The van der Waals surface area contributed by atoms with E-state index in [0.29, 0.717) is 23.9 Å². The molecule has 8 rings (SSSR count). The third kappa shape index (κ3) is 6.78. The third-order valence-electron chi connectivity index (χ3n) is 10.3. The van der Waals surface area contributed by atoms with E-state index in [1.54, 1.807) is 7.11 Å². The van der Waals surface area contributed by atoms with Crippen molar-refractivity contribution in [3.63, 3.8) is 0 Å². The molecular weight excluding hydrogens is 616 g/mol. The number of nitrogens with one attached hydrogen (secondary N) is 1. The maximum atomic E-state index is 12.2. The fourth-order valence-electron chi connectivity index (χ4n) is 7.53. The number of hydrogen-bond donors (Lipinski definition) is 1. The van der Waals surface area contributed by atoms with Crippen LogP contribution in [0.3, 0.4) is 0 Å². The molecule has 258 valence electrons. The molecule has 0 spiro atoms. The molecule has 49 heavy (non-hydrogen) atoms. The second kappa shape index (κ2) is 12.8. The Hall–Kier alpha value is -4.35. The molecule has 4 aromatic rings. The first-order valence-corrected chi connectivity index (χ1v) is 17.8. The van der Waals surface area contributed by atoms with E-state index < -0.39 is 5.60 Å². The molecule has 1 amide bonds. The quantitative estimate of drug-likeness (QED) is 0.236. The van der Waals surface area contributed by atoms with E-state index in [1.165, 1.54) is 29.4 Å². The Labute approximate surface area is 288 Å². The number of carbonyl (C=O) groups is 1. The molecular formula is C38H48N8O3. The van der Waals surface area contributed by atoms with Crippen molar-refractivity contribution in [1.82, 2.24) is 29.2 Å². The van der Waals surface area contributed by atoms with Gasteiger partial charge in [0.05, 0.1) is 18.5 Å². The topological polar surface area (TPSA) is 91.2 Å². The molecule has 0 bridgehead atoms. The number of hydrogen-bond acceptors (Lipinski definition) is 9. The highest BCUT2D eigenvalue weighted by Gasteiger charge is 2.39. The first kappa shape index (κ1) is 31.9. The van der Waals surface area contributed by atoms with Crippen molar-refractivity contribution in [3.8, 4) is 17.0 Å². The van der Waals surface area contributed by atoms with Gasteiger partial charge in [0.15, 0.2) is 0 Å². The fourth-order valence-corrected chi connectivity index (χ4v) is 7.53. The normalized spacial score (nSPS) is 19.5. The summed E-state index contributed by atoms with van der Waals surface area (Å²) < 4.78 is 13.8. The Morgan fingerprint density at radius 3 is 2.47 bits per heavy atom. The van der Waals surface area contributed by atoms with E-state index in [0.717, 1.165) is 81.6 Å². The van der Waals surface area contributed by atoms with Crippen LogP contribution in [0.1, 0.15) is 39.7 Å². The summed E-state index contributed by atoms with van der Waals surface area (Å²) in [5.74, 6) is 1.87. The molecule has 1 aliphatic carbocycles. The average Bonchev–Trinajstić information content (AvgIpc) is 3.82. The lowest BCUT2D eigenvalue weighted by molar-refractivity contribution is -0.0246. The van der Waals surface area contributed by atoms with Gasteiger partial charge in [-0.2, -0.15) is 0 Å². The molecule has 11 heteroatoms. The summed E-state index contributed by atoms with van der Waals surface area (Å²) in [6.07, 6.45) is 6.36. The number of aromatic nitrogens is 3. The number of benzene rings is 2. The van der Waals surface area contributed by atoms with Crippen LogP contribution in [-0.4, -0.2) is 113 Å². The maximum absolute atomic E-state index is 12.2. The Balaban J connectivity index is 0.838. The standard InChI is InChI=1S/C38H48N8O3/c1-38(2,3)49-37(47)45-21-26(22-45)20-42-23-29(24-42)44-17-15-43(16-18-44)28-11-12-33(35(19-28)48-4)41-36-39-14-13-32(40-36)31-25-46(27-9-10-27)34-8-6-5-7-30(31)34/h5-8,11-14,19,25-27,29H,9-10,15-18,20-24H2,1-4H3,(H,39,40,41). The highest BCUT2D eigenvalue weighted by atomic mass is 16.6. The van der Waals surface area contributed by atoms with Gasteiger partial charge in [-0.25, -0.2) is 14.8 Å². The molecule has 0 unspecified atom stereocenters. The first-order chi connectivity index (χ1) is 23.7. The van der Waals surface area contributed by atoms with E-state index >= 15 is 0 Å². The van der Waals surface area contributed by atoms with E-state index in [2.05, 4.69) is 78.2 Å². The van der Waals surface area contributed by atoms with E-state index in [9.17, 15) is 4.79 Å². The summed E-state index contributed by atoms with van der Waals surface area (Å²) in [4.78, 5) is 31.2. The minimum absolute atomic E-state index is 0.185. The number of likely N-dealkylation sites (tertiary alicyclic amines) is 2. The number of rotatable bonds is 9. The number of methoxy groups -OCH3 is 1. The van der Waals surface area contributed by atoms with Crippen LogP contribution in [0.15, 0.2) is 60.9 Å². The molecule has 1 N–H and O–H groups in total. The van der Waals surface area contributed by atoms with Gasteiger partial charge in [0.2, 0.25) is 5.95 Å². The number of anilines is 3. The van der Waals surface area contributed by atoms with Gasteiger partial charge < -0.3 is 29.2 Å². The number of carbonyl (C=O) groups excluding carboxylic acids is 1. The van der Waals surface area contributed by atoms with Gasteiger partial charge in [0.25, 0.3) is 0 Å². The van der Waals surface area contributed by atoms with E-state index in [-0.39, 0.29) is 6.09 Å². The first-order valence-electron chi connectivity index (χ1n) is 17.8. The Kier molecular flexibility index (Phi) is 8.35. The number of ether oxygens (including phenoxy) is 2. The van der Waals surface area contributed by atoms with Crippen molar-refractivity contribution in [2.75, 3.05) is 76.2 Å². The van der Waals surface area contributed by atoms with Crippen LogP contribution in [0.5, 0.6) is 5.75 Å². The van der Waals surface area contributed by atoms with Gasteiger partial charge >= 0.3 is 6.09 Å². The molecule has 4 fully saturated rings. The molecule has 3 aliphatic heterocycles. The third-order valence-corrected chi connectivity index (χ3v) is 10.3. The maximum Gasteiger partial charge on any atom is 0.410 e. The molecule has 2 aromatic carbocycles. The molecule has 11 nitrogen and oxygen atoms in total. The molecule has 2 aromatic heterocycles. The summed E-state index contributed by atoms with van der Waals surface area (Å²) in [6.45, 7) is 14.7. The predicted molar refractivity (Wildman–Crippen MR) is 193 cm³/mol. The summed E-state index contributed by atoms with van der Waals surface area (Å²) in [6, 6.07) is 18.1. The second-order valence-corrected chi connectivity index (χ2v) is 15.1. The average molecular weight is 665 g/mol. The Morgan fingerprint density at radius 2 is 1.73 bits per heavy atom. The van der Waals surface area contributed by atoms with E-state index in [4.69, 9.17) is 14.5 Å².